The van der Waals surface area contributed by atoms with E-state index < -0.39 is 0 Å². The van der Waals surface area contributed by atoms with Crippen LogP contribution in [0.15, 0.2) is 36.7 Å². The number of ether oxygens (including phenoxy) is 2. The monoisotopic (exact) mass is 345 g/mol. The molecule has 6 nitrogen and oxygen atoms in total. The topological polar surface area (TPSA) is 69.4 Å². The van der Waals surface area contributed by atoms with Crippen LogP contribution < -0.4 is 9.47 Å². The molecule has 0 saturated heterocycles. The Morgan fingerprint density at radius 1 is 1.17 bits per heavy atom. The zero-order valence-corrected chi connectivity index (χ0v) is 14.2. The van der Waals surface area contributed by atoms with Gasteiger partial charge in [-0.1, -0.05) is 11.6 Å². The van der Waals surface area contributed by atoms with Crippen molar-refractivity contribution in [2.75, 3.05) is 14.2 Å². The summed E-state index contributed by atoms with van der Waals surface area (Å²) in [4.78, 5) is 8.54. The lowest BCUT2D eigenvalue weighted by Crippen LogP contribution is -1.99. The number of methoxy groups -OCH3 is 2. The van der Waals surface area contributed by atoms with Crippen LogP contribution in [0.1, 0.15) is 5.69 Å². The molecule has 0 spiro atoms. The van der Waals surface area contributed by atoms with Crippen LogP contribution in [0.5, 0.6) is 11.5 Å². The lowest BCUT2D eigenvalue weighted by Gasteiger charge is -2.11. The van der Waals surface area contributed by atoms with Gasteiger partial charge in [0.1, 0.15) is 5.69 Å². The summed E-state index contributed by atoms with van der Waals surface area (Å²) in [6.45, 7) is 1.82. The Balaban J connectivity index is 2.17. The third-order valence-corrected chi connectivity index (χ3v) is 3.94. The molecule has 7 heteroatoms. The van der Waals surface area contributed by atoms with Crippen LogP contribution in [-0.4, -0.2) is 34.1 Å². The maximum absolute atomic E-state index is 10.6. The highest BCUT2D eigenvalue weighted by molar-refractivity contribution is 6.32. The molecule has 3 rings (SSSR count). The van der Waals surface area contributed by atoms with Crippen molar-refractivity contribution in [1.29, 1.82) is 0 Å². The first-order valence-corrected chi connectivity index (χ1v) is 7.55. The van der Waals surface area contributed by atoms with Crippen molar-refractivity contribution in [3.8, 4) is 34.1 Å². The van der Waals surface area contributed by atoms with Gasteiger partial charge < -0.3 is 14.7 Å². The van der Waals surface area contributed by atoms with Crippen molar-refractivity contribution < 1.29 is 14.7 Å². The SMILES string of the molecule is COc1cc(-c2nc(C)c(-c3cccnc3)n2O)cc(Cl)c1OC. The van der Waals surface area contributed by atoms with Crippen molar-refractivity contribution in [3.63, 3.8) is 0 Å². The van der Waals surface area contributed by atoms with Gasteiger partial charge in [-0.05, 0) is 31.2 Å². The van der Waals surface area contributed by atoms with Crippen molar-refractivity contribution in [3.05, 3.63) is 47.4 Å². The van der Waals surface area contributed by atoms with E-state index in [9.17, 15) is 5.21 Å². The maximum Gasteiger partial charge on any atom is 0.179 e. The minimum Gasteiger partial charge on any atom is -0.493 e. The van der Waals surface area contributed by atoms with Gasteiger partial charge in [0, 0.05) is 23.5 Å². The summed E-state index contributed by atoms with van der Waals surface area (Å²) in [5, 5.41) is 11.0. The molecule has 1 N–H and O–H groups in total. The highest BCUT2D eigenvalue weighted by Gasteiger charge is 2.20. The van der Waals surface area contributed by atoms with Gasteiger partial charge in [-0.25, -0.2) is 4.98 Å². The molecule has 1 aromatic carbocycles. The number of halogens is 1. The summed E-state index contributed by atoms with van der Waals surface area (Å²) in [5.74, 6) is 1.25. The number of pyridine rings is 1. The molecule has 0 bridgehead atoms. The molecule has 0 aliphatic heterocycles. The number of aryl methyl sites for hydroxylation is 1. The third kappa shape index (κ3) is 2.65. The fraction of sp³-hybridized carbons (Fsp3) is 0.176. The molecule has 2 heterocycles. The molecule has 0 unspecified atom stereocenters. The summed E-state index contributed by atoms with van der Waals surface area (Å²) >= 11 is 6.25. The van der Waals surface area contributed by atoms with Gasteiger partial charge in [-0.2, -0.15) is 4.73 Å². The zero-order valence-electron chi connectivity index (χ0n) is 13.4. The molecule has 124 valence electrons. The second kappa shape index (κ2) is 6.41. The standard InChI is InChI=1S/C17H16ClN3O3/c1-10-15(11-5-4-6-19-9-11)21(22)17(20-10)12-7-13(18)16(24-3)14(8-12)23-2/h4-9,22H,1-3H3. The largest absolute Gasteiger partial charge is 0.493 e. The predicted molar refractivity (Wildman–Crippen MR) is 90.9 cm³/mol. The predicted octanol–water partition coefficient (Wildman–Crippen LogP) is 3.83. The van der Waals surface area contributed by atoms with Crippen LogP contribution in [-0.2, 0) is 0 Å². The lowest BCUT2D eigenvalue weighted by atomic mass is 10.2. The quantitative estimate of drug-likeness (QED) is 0.728. The van der Waals surface area contributed by atoms with Gasteiger partial charge in [0.05, 0.1) is 24.9 Å². The first-order valence-electron chi connectivity index (χ1n) is 7.17. The number of benzene rings is 1. The molecule has 0 radical (unpaired) electrons. The Hall–Kier alpha value is -2.73. The van der Waals surface area contributed by atoms with Crippen LogP contribution >= 0.6 is 11.6 Å². The van der Waals surface area contributed by atoms with E-state index in [1.807, 2.05) is 13.0 Å². The highest BCUT2D eigenvalue weighted by atomic mass is 35.5. The number of imidazole rings is 1. The summed E-state index contributed by atoms with van der Waals surface area (Å²) in [6, 6.07) is 7.04. The van der Waals surface area contributed by atoms with Crippen molar-refractivity contribution >= 4 is 11.6 Å². The summed E-state index contributed by atoms with van der Waals surface area (Å²) in [6.07, 6.45) is 3.34. The second-order valence-corrected chi connectivity index (χ2v) is 5.52. The van der Waals surface area contributed by atoms with E-state index in [1.54, 1.807) is 30.6 Å². The maximum atomic E-state index is 10.6. The molecule has 0 aliphatic carbocycles. The summed E-state index contributed by atoms with van der Waals surface area (Å²) in [5.41, 5.74) is 2.62. The molecule has 0 atom stereocenters. The number of nitrogens with zero attached hydrogens (tertiary/aromatic N) is 3. The molecule has 0 saturated carbocycles. The number of aromatic nitrogens is 3. The molecule has 0 aliphatic rings. The fourth-order valence-corrected chi connectivity index (χ4v) is 2.87. The Bertz CT molecular complexity index is 879. The van der Waals surface area contributed by atoms with Gasteiger partial charge >= 0.3 is 0 Å². The molecule has 24 heavy (non-hydrogen) atoms. The van der Waals surface area contributed by atoms with E-state index in [2.05, 4.69) is 9.97 Å². The van der Waals surface area contributed by atoms with E-state index in [0.717, 1.165) is 10.3 Å². The average Bonchev–Trinajstić information content (AvgIpc) is 2.89. The first-order chi connectivity index (χ1) is 11.6. The van der Waals surface area contributed by atoms with Gasteiger partial charge in [-0.15, -0.1) is 0 Å². The van der Waals surface area contributed by atoms with Crippen molar-refractivity contribution in [2.24, 2.45) is 0 Å². The van der Waals surface area contributed by atoms with E-state index in [4.69, 9.17) is 21.1 Å². The average molecular weight is 346 g/mol. The summed E-state index contributed by atoms with van der Waals surface area (Å²) in [7, 11) is 3.04. The van der Waals surface area contributed by atoms with E-state index >= 15 is 0 Å². The van der Waals surface area contributed by atoms with Crippen LogP contribution in [0.2, 0.25) is 5.02 Å². The Morgan fingerprint density at radius 3 is 2.58 bits per heavy atom. The van der Waals surface area contributed by atoms with E-state index in [-0.39, 0.29) is 0 Å². The molecular formula is C17H16ClN3O3. The highest BCUT2D eigenvalue weighted by Crippen LogP contribution is 2.39. The Kier molecular flexibility index (Phi) is 4.31. The Morgan fingerprint density at radius 2 is 1.96 bits per heavy atom. The molecule has 0 fully saturated rings. The minimum atomic E-state index is 0.356. The van der Waals surface area contributed by atoms with Gasteiger partial charge in [0.25, 0.3) is 0 Å². The van der Waals surface area contributed by atoms with Crippen molar-refractivity contribution in [2.45, 2.75) is 6.92 Å². The first kappa shape index (κ1) is 16.1. The lowest BCUT2D eigenvalue weighted by molar-refractivity contribution is 0.195. The molecule has 3 aromatic rings. The third-order valence-electron chi connectivity index (χ3n) is 3.66. The van der Waals surface area contributed by atoms with E-state index in [1.165, 1.54) is 14.2 Å². The van der Waals surface area contributed by atoms with Crippen LogP contribution in [0, 0.1) is 6.92 Å². The van der Waals surface area contributed by atoms with Crippen LogP contribution in [0.25, 0.3) is 22.6 Å². The zero-order chi connectivity index (χ0) is 17.3. The van der Waals surface area contributed by atoms with Gasteiger partial charge in [-0.3, -0.25) is 4.98 Å². The van der Waals surface area contributed by atoms with Crippen LogP contribution in [0.3, 0.4) is 0 Å². The normalized spacial score (nSPS) is 10.7. The van der Waals surface area contributed by atoms with Gasteiger partial charge in [0.2, 0.25) is 0 Å². The molecular weight excluding hydrogens is 330 g/mol. The number of hydrogen-bond donors (Lipinski definition) is 1. The van der Waals surface area contributed by atoms with Crippen LogP contribution in [0.4, 0.5) is 0 Å². The van der Waals surface area contributed by atoms with Gasteiger partial charge in [0.15, 0.2) is 17.3 Å². The fourth-order valence-electron chi connectivity index (χ4n) is 2.59. The molecule has 0 amide bonds. The van der Waals surface area contributed by atoms with Crippen molar-refractivity contribution in [1.82, 2.24) is 14.7 Å². The number of rotatable bonds is 4. The summed E-state index contributed by atoms with van der Waals surface area (Å²) < 4.78 is 11.6. The number of hydrogen-bond acceptors (Lipinski definition) is 5. The second-order valence-electron chi connectivity index (χ2n) is 5.12. The van der Waals surface area contributed by atoms with E-state index in [0.29, 0.717) is 39.3 Å². The molecule has 2 aromatic heterocycles. The smallest absolute Gasteiger partial charge is 0.179 e. The Labute approximate surface area is 144 Å². The minimum absolute atomic E-state index is 0.356.